The number of anilines is 1. The van der Waals surface area contributed by atoms with Gasteiger partial charge in [-0.2, -0.15) is 5.10 Å². The van der Waals surface area contributed by atoms with Gasteiger partial charge in [0.25, 0.3) is 5.91 Å². The summed E-state index contributed by atoms with van der Waals surface area (Å²) in [5.41, 5.74) is 7.09. The largest absolute Gasteiger partial charge is 0.361 e. The van der Waals surface area contributed by atoms with Crippen molar-refractivity contribution < 1.29 is 4.79 Å². The van der Waals surface area contributed by atoms with Crippen LogP contribution in [0.1, 0.15) is 55.6 Å². The van der Waals surface area contributed by atoms with Crippen molar-refractivity contribution in [3.63, 3.8) is 0 Å². The van der Waals surface area contributed by atoms with Gasteiger partial charge in [-0.15, -0.1) is 0 Å². The van der Waals surface area contributed by atoms with Crippen LogP contribution in [0.15, 0.2) is 53.9 Å². The van der Waals surface area contributed by atoms with Crippen molar-refractivity contribution in [2.45, 2.75) is 52.1 Å². The lowest BCUT2D eigenvalue weighted by Crippen LogP contribution is -2.36. The Kier molecular flexibility index (Phi) is 5.87. The Morgan fingerprint density at radius 2 is 1.81 bits per heavy atom. The minimum atomic E-state index is -0.0110. The third-order valence-corrected chi connectivity index (χ3v) is 7.20. The molecule has 4 aromatic rings. The lowest BCUT2D eigenvalue weighted by Gasteiger charge is -2.12. The normalized spacial score (nSPS) is 19.2. The lowest BCUT2D eigenvalue weighted by molar-refractivity contribution is 0.0951. The van der Waals surface area contributed by atoms with Gasteiger partial charge in [0.2, 0.25) is 0 Å². The number of aryl methyl sites for hydroxylation is 1. The number of carbonyl (C=O) groups is 1. The summed E-state index contributed by atoms with van der Waals surface area (Å²) in [5, 5.41) is 13.0. The van der Waals surface area contributed by atoms with Crippen LogP contribution in [0.4, 0.5) is 5.82 Å². The first kappa shape index (κ1) is 23.2. The molecular weight excluding hydrogens is 462 g/mol. The summed E-state index contributed by atoms with van der Waals surface area (Å²) >= 11 is 0. The Hall–Kier alpha value is -4.20. The van der Waals surface area contributed by atoms with Crippen molar-refractivity contribution in [2.24, 2.45) is 7.05 Å². The molecule has 37 heavy (non-hydrogen) atoms. The molecule has 8 heteroatoms. The fraction of sp³-hybridized carbons (Fsp3) is 0.310. The second-order valence-electron chi connectivity index (χ2n) is 10.1. The van der Waals surface area contributed by atoms with Gasteiger partial charge in [0.1, 0.15) is 0 Å². The minimum Gasteiger partial charge on any atom is -0.361 e. The Labute approximate surface area is 215 Å². The highest BCUT2D eigenvalue weighted by atomic mass is 16.1. The standard InChI is InChI=1S/C29H31N7O/c1-18-4-12-24-25(13-5-19(18)2)36-26(20-6-8-21(9-7-20)29(37)32-22-10-11-22)17-31-28(36)27(33-24)30-16-23-14-15-35(3)34-23/h6-9,12-15,17,22H,4-5,10-11,16H2,1-3H3,(H,30,33)(H,32,37)/b19-18-,24-12+,25-13+. The van der Waals surface area contributed by atoms with E-state index in [1.165, 1.54) is 11.1 Å². The van der Waals surface area contributed by atoms with Crippen molar-refractivity contribution in [2.75, 3.05) is 5.32 Å². The number of carbonyl (C=O) groups excluding carboxylic acids is 1. The Morgan fingerprint density at radius 1 is 1.05 bits per heavy atom. The molecule has 0 unspecified atom stereocenters. The maximum Gasteiger partial charge on any atom is 0.251 e. The zero-order valence-corrected chi connectivity index (χ0v) is 21.5. The highest BCUT2D eigenvalue weighted by molar-refractivity contribution is 5.95. The van der Waals surface area contributed by atoms with Crippen molar-refractivity contribution >= 4 is 29.5 Å². The van der Waals surface area contributed by atoms with E-state index in [4.69, 9.17) is 9.97 Å². The van der Waals surface area contributed by atoms with Crippen LogP contribution < -0.4 is 21.3 Å². The fourth-order valence-corrected chi connectivity index (χ4v) is 4.64. The molecule has 1 fully saturated rings. The van der Waals surface area contributed by atoms with Crippen LogP contribution in [0.2, 0.25) is 0 Å². The molecule has 3 heterocycles. The van der Waals surface area contributed by atoms with E-state index in [0.717, 1.165) is 64.8 Å². The molecule has 1 aromatic carbocycles. The summed E-state index contributed by atoms with van der Waals surface area (Å²) in [4.78, 5) is 22.3. The van der Waals surface area contributed by atoms with Crippen molar-refractivity contribution in [1.82, 2.24) is 29.5 Å². The molecular formula is C29H31N7O. The first-order valence-electron chi connectivity index (χ1n) is 12.8. The molecule has 3 aromatic heterocycles. The molecule has 2 N–H and O–H groups in total. The zero-order valence-electron chi connectivity index (χ0n) is 21.5. The number of rotatable bonds is 6. The Bertz CT molecular complexity index is 1650. The van der Waals surface area contributed by atoms with Gasteiger partial charge in [0, 0.05) is 30.4 Å². The third kappa shape index (κ3) is 4.67. The van der Waals surface area contributed by atoms with Crippen molar-refractivity contribution in [3.05, 3.63) is 75.8 Å². The molecule has 0 saturated heterocycles. The summed E-state index contributed by atoms with van der Waals surface area (Å²) in [6.07, 6.45) is 12.1. The van der Waals surface area contributed by atoms with Gasteiger partial charge in [0.15, 0.2) is 11.5 Å². The van der Waals surface area contributed by atoms with E-state index in [9.17, 15) is 4.79 Å². The van der Waals surface area contributed by atoms with Gasteiger partial charge < -0.3 is 10.6 Å². The predicted octanol–water partition coefficient (Wildman–Crippen LogP) is 3.33. The molecule has 0 spiro atoms. The van der Waals surface area contributed by atoms with Crippen LogP contribution in [0, 0.1) is 0 Å². The highest BCUT2D eigenvalue weighted by Gasteiger charge is 2.24. The van der Waals surface area contributed by atoms with Crippen LogP contribution in [0.5, 0.6) is 0 Å². The van der Waals surface area contributed by atoms with Gasteiger partial charge in [-0.25, -0.2) is 9.97 Å². The molecule has 6 rings (SSSR count). The molecule has 1 saturated carbocycles. The molecule has 0 aliphatic heterocycles. The maximum atomic E-state index is 12.5. The molecule has 1 amide bonds. The second-order valence-corrected chi connectivity index (χ2v) is 10.1. The highest BCUT2D eigenvalue weighted by Crippen LogP contribution is 2.24. The quantitative estimate of drug-likeness (QED) is 0.402. The van der Waals surface area contributed by atoms with E-state index in [2.05, 4.69) is 46.1 Å². The van der Waals surface area contributed by atoms with Crippen LogP contribution in [-0.2, 0) is 13.6 Å². The van der Waals surface area contributed by atoms with Gasteiger partial charge >= 0.3 is 0 Å². The molecule has 188 valence electrons. The van der Waals surface area contributed by atoms with Gasteiger partial charge in [-0.3, -0.25) is 13.9 Å². The second kappa shape index (κ2) is 9.35. The van der Waals surface area contributed by atoms with E-state index in [-0.39, 0.29) is 5.91 Å². The number of nitrogens with one attached hydrogen (secondary N) is 2. The number of imidazole rings is 1. The van der Waals surface area contributed by atoms with Crippen LogP contribution >= 0.6 is 0 Å². The number of aromatic nitrogens is 5. The molecule has 0 atom stereocenters. The van der Waals surface area contributed by atoms with Crippen molar-refractivity contribution in [3.8, 4) is 11.3 Å². The first-order chi connectivity index (χ1) is 18.0. The van der Waals surface area contributed by atoms with Crippen molar-refractivity contribution in [1.29, 1.82) is 0 Å². The number of hydrogen-bond acceptors (Lipinski definition) is 5. The van der Waals surface area contributed by atoms with E-state index in [0.29, 0.717) is 18.2 Å². The molecule has 2 aliphatic carbocycles. The first-order valence-corrected chi connectivity index (χ1v) is 12.8. The molecule has 0 bridgehead atoms. The maximum absolute atomic E-state index is 12.5. The van der Waals surface area contributed by atoms with E-state index < -0.39 is 0 Å². The summed E-state index contributed by atoms with van der Waals surface area (Å²) in [6.45, 7) is 4.93. The van der Waals surface area contributed by atoms with Gasteiger partial charge in [-0.1, -0.05) is 35.4 Å². The lowest BCUT2D eigenvalue weighted by atomic mass is 10.0. The Balaban J connectivity index is 1.45. The monoisotopic (exact) mass is 493 g/mol. The van der Waals surface area contributed by atoms with Crippen LogP contribution in [0.25, 0.3) is 29.1 Å². The van der Waals surface area contributed by atoms with Gasteiger partial charge in [0.05, 0.1) is 34.8 Å². The summed E-state index contributed by atoms with van der Waals surface area (Å²) < 4.78 is 3.98. The number of fused-ring (bicyclic) bond motifs is 3. The summed E-state index contributed by atoms with van der Waals surface area (Å²) in [7, 11) is 1.91. The number of allylic oxidation sites excluding steroid dienone is 2. The fourth-order valence-electron chi connectivity index (χ4n) is 4.64. The van der Waals surface area contributed by atoms with E-state index in [1.807, 2.05) is 49.8 Å². The van der Waals surface area contributed by atoms with Crippen LogP contribution in [-0.4, -0.2) is 36.1 Å². The molecule has 2 aliphatic rings. The molecule has 8 nitrogen and oxygen atoms in total. The number of amides is 1. The van der Waals surface area contributed by atoms with Crippen LogP contribution in [0.3, 0.4) is 0 Å². The topological polar surface area (TPSA) is 89.1 Å². The van der Waals surface area contributed by atoms with E-state index in [1.54, 1.807) is 4.68 Å². The predicted molar refractivity (Wildman–Crippen MR) is 145 cm³/mol. The SMILES string of the molecule is C/C1=C(\C)C/C=c2\c(nc(NCc3ccn(C)n3)c3ncc(-c4ccc(C(=O)NC5CC5)cc4)n23)=C/C1. The van der Waals surface area contributed by atoms with Gasteiger partial charge in [-0.05, 0) is 57.7 Å². The minimum absolute atomic E-state index is 0.0110. The third-order valence-electron chi connectivity index (χ3n) is 7.20. The number of benzene rings is 1. The molecule has 0 radical (unpaired) electrons. The smallest absolute Gasteiger partial charge is 0.251 e. The zero-order chi connectivity index (χ0) is 25.5. The summed E-state index contributed by atoms with van der Waals surface area (Å²) in [5.74, 6) is 0.711. The number of nitrogens with zero attached hydrogens (tertiary/aromatic N) is 5. The summed E-state index contributed by atoms with van der Waals surface area (Å²) in [6, 6.07) is 10.1. The Morgan fingerprint density at radius 3 is 2.51 bits per heavy atom. The average Bonchev–Trinajstić information content (AvgIpc) is 3.44. The van der Waals surface area contributed by atoms with E-state index >= 15 is 0 Å². The average molecular weight is 494 g/mol. The number of hydrogen-bond donors (Lipinski definition) is 2.